The van der Waals surface area contributed by atoms with E-state index in [4.69, 9.17) is 4.74 Å². The van der Waals surface area contributed by atoms with Crippen molar-refractivity contribution in [2.24, 2.45) is 0 Å². The van der Waals surface area contributed by atoms with Crippen molar-refractivity contribution in [2.75, 3.05) is 7.05 Å². The highest BCUT2D eigenvalue weighted by atomic mass is 19.1. The van der Waals surface area contributed by atoms with Crippen LogP contribution >= 0.6 is 0 Å². The largest absolute Gasteiger partial charge is 0.507 e. The first-order chi connectivity index (χ1) is 14.5. The van der Waals surface area contributed by atoms with Gasteiger partial charge in [0, 0.05) is 48.8 Å². The Bertz CT molecular complexity index is 1050. The number of aromatic hydroxyl groups is 1. The molecule has 2 saturated heterocycles. The fourth-order valence-corrected chi connectivity index (χ4v) is 4.59. The van der Waals surface area contributed by atoms with E-state index in [0.717, 1.165) is 17.8 Å². The number of aryl methyl sites for hydroxylation is 1. The van der Waals surface area contributed by atoms with Crippen molar-refractivity contribution in [1.29, 1.82) is 0 Å². The molecule has 0 radical (unpaired) electrons. The fraction of sp³-hybridized carbons (Fsp3) is 0.409. The summed E-state index contributed by atoms with van der Waals surface area (Å²) >= 11 is 0. The van der Waals surface area contributed by atoms with Crippen molar-refractivity contribution in [3.05, 3.63) is 48.3 Å². The van der Waals surface area contributed by atoms with E-state index in [9.17, 15) is 9.50 Å². The molecule has 0 amide bonds. The number of alkyl halides is 1. The number of rotatable bonds is 4. The van der Waals surface area contributed by atoms with Crippen molar-refractivity contribution >= 4 is 0 Å². The first-order valence-electron chi connectivity index (χ1n) is 10.2. The van der Waals surface area contributed by atoms with E-state index in [2.05, 4.69) is 20.2 Å². The molecule has 0 spiro atoms. The molecule has 4 heterocycles. The Morgan fingerprint density at radius 1 is 1.10 bits per heavy atom. The lowest BCUT2D eigenvalue weighted by atomic mass is 10.0. The maximum Gasteiger partial charge on any atom is 0.233 e. The second-order valence-corrected chi connectivity index (χ2v) is 8.21. The standard InChI is InChI=1S/C22H24FN5O2/c1-13-7-8-28(26-13)14-3-4-17(21(29)11-14)19-5-6-22(25-24-19)30-16-9-15-10-18(23)20(12-16)27(15)2/h3-8,11,15-16,18,20,29H,9-10,12H2,1-2H3. The Kier molecular flexibility index (Phi) is 4.66. The van der Waals surface area contributed by atoms with Crippen molar-refractivity contribution in [3.8, 4) is 28.6 Å². The second kappa shape index (κ2) is 7.36. The van der Waals surface area contributed by atoms with Crippen LogP contribution in [0.1, 0.15) is 25.0 Å². The molecular weight excluding hydrogens is 385 g/mol. The maximum absolute atomic E-state index is 14.1. The van der Waals surface area contributed by atoms with E-state index in [-0.39, 0.29) is 23.9 Å². The lowest BCUT2D eigenvalue weighted by molar-refractivity contribution is 0.0522. The summed E-state index contributed by atoms with van der Waals surface area (Å²) in [6, 6.07) is 10.9. The van der Waals surface area contributed by atoms with Crippen LogP contribution in [0.3, 0.4) is 0 Å². The van der Waals surface area contributed by atoms with Crippen LogP contribution in [0.4, 0.5) is 4.39 Å². The summed E-state index contributed by atoms with van der Waals surface area (Å²) in [5.74, 6) is 0.524. The highest BCUT2D eigenvalue weighted by molar-refractivity contribution is 5.68. The molecule has 1 aromatic carbocycles. The first kappa shape index (κ1) is 19.0. The number of piperidine rings is 1. The van der Waals surface area contributed by atoms with Crippen LogP contribution in [0, 0.1) is 6.92 Å². The van der Waals surface area contributed by atoms with Crippen molar-refractivity contribution in [1.82, 2.24) is 24.9 Å². The van der Waals surface area contributed by atoms with Crippen LogP contribution in [0.2, 0.25) is 0 Å². The van der Waals surface area contributed by atoms with Gasteiger partial charge in [-0.15, -0.1) is 10.2 Å². The molecule has 2 bridgehead atoms. The number of phenolic OH excluding ortho intramolecular Hbond substituents is 1. The molecule has 4 unspecified atom stereocenters. The Hall–Kier alpha value is -3.00. The summed E-state index contributed by atoms with van der Waals surface area (Å²) in [5.41, 5.74) is 2.80. The number of benzene rings is 1. The number of halogens is 1. The lowest BCUT2D eigenvalue weighted by Crippen LogP contribution is -2.45. The summed E-state index contributed by atoms with van der Waals surface area (Å²) in [7, 11) is 1.99. The number of hydrogen-bond acceptors (Lipinski definition) is 6. The van der Waals surface area contributed by atoms with E-state index < -0.39 is 6.17 Å². The number of aromatic nitrogens is 4. The molecule has 0 saturated carbocycles. The zero-order valence-electron chi connectivity index (χ0n) is 16.9. The summed E-state index contributed by atoms with van der Waals surface area (Å²) < 4.78 is 21.8. The number of fused-ring (bicyclic) bond motifs is 2. The molecule has 2 aromatic heterocycles. The summed E-state index contributed by atoms with van der Waals surface area (Å²) in [6.45, 7) is 1.91. The number of phenols is 1. The van der Waals surface area contributed by atoms with Gasteiger partial charge in [0.15, 0.2) is 0 Å². The summed E-state index contributed by atoms with van der Waals surface area (Å²) in [6.07, 6.45) is 3.05. The van der Waals surface area contributed by atoms with Gasteiger partial charge < -0.3 is 9.84 Å². The third kappa shape index (κ3) is 3.41. The molecule has 8 heteroatoms. The van der Waals surface area contributed by atoms with Crippen molar-refractivity contribution < 1.29 is 14.2 Å². The van der Waals surface area contributed by atoms with Crippen molar-refractivity contribution in [2.45, 2.75) is 50.5 Å². The Morgan fingerprint density at radius 2 is 1.97 bits per heavy atom. The van der Waals surface area contributed by atoms with Gasteiger partial charge in [0.2, 0.25) is 5.88 Å². The topological polar surface area (TPSA) is 76.3 Å². The minimum atomic E-state index is -0.779. The van der Waals surface area contributed by atoms with E-state index in [1.54, 1.807) is 28.9 Å². The molecule has 2 fully saturated rings. The van der Waals surface area contributed by atoms with Gasteiger partial charge in [-0.2, -0.15) is 5.10 Å². The molecule has 156 valence electrons. The highest BCUT2D eigenvalue weighted by Gasteiger charge is 2.46. The van der Waals surface area contributed by atoms with Gasteiger partial charge in [0.1, 0.15) is 18.0 Å². The van der Waals surface area contributed by atoms with Crippen molar-refractivity contribution in [3.63, 3.8) is 0 Å². The third-order valence-corrected chi connectivity index (χ3v) is 6.22. The van der Waals surface area contributed by atoms with Crippen LogP contribution in [-0.2, 0) is 0 Å². The lowest BCUT2D eigenvalue weighted by Gasteiger charge is -2.35. The SMILES string of the molecule is Cc1ccn(-c2ccc(-c3ccc(OC4CC5CC(F)C(C4)N5C)nn3)c(O)c2)n1. The monoisotopic (exact) mass is 409 g/mol. The molecular formula is C22H24FN5O2. The van der Waals surface area contributed by atoms with E-state index in [0.29, 0.717) is 30.0 Å². The molecule has 1 N–H and O–H groups in total. The van der Waals surface area contributed by atoms with Gasteiger partial charge in [-0.25, -0.2) is 9.07 Å². The predicted octanol–water partition coefficient (Wildman–Crippen LogP) is 3.30. The average molecular weight is 409 g/mol. The Labute approximate surface area is 174 Å². The van der Waals surface area contributed by atoms with E-state index >= 15 is 0 Å². The molecule has 7 nitrogen and oxygen atoms in total. The predicted molar refractivity (Wildman–Crippen MR) is 109 cm³/mol. The fourth-order valence-electron chi connectivity index (χ4n) is 4.59. The third-order valence-electron chi connectivity index (χ3n) is 6.22. The zero-order valence-corrected chi connectivity index (χ0v) is 16.9. The number of ether oxygens (including phenoxy) is 1. The minimum absolute atomic E-state index is 0.0534. The molecule has 2 aliphatic heterocycles. The quantitative estimate of drug-likeness (QED) is 0.713. The molecule has 3 aromatic rings. The maximum atomic E-state index is 14.1. The van der Waals surface area contributed by atoms with Gasteiger partial charge in [-0.3, -0.25) is 4.90 Å². The van der Waals surface area contributed by atoms with Crippen LogP contribution in [0.25, 0.3) is 16.9 Å². The van der Waals surface area contributed by atoms with Gasteiger partial charge in [0.25, 0.3) is 0 Å². The average Bonchev–Trinajstić information content (AvgIpc) is 3.21. The van der Waals surface area contributed by atoms with E-state index in [1.807, 2.05) is 32.3 Å². The Morgan fingerprint density at radius 3 is 2.63 bits per heavy atom. The minimum Gasteiger partial charge on any atom is -0.507 e. The normalized spacial score (nSPS) is 26.1. The van der Waals surface area contributed by atoms with Gasteiger partial charge in [-0.1, -0.05) is 0 Å². The Balaban J connectivity index is 1.29. The zero-order chi connectivity index (χ0) is 20.8. The molecule has 30 heavy (non-hydrogen) atoms. The molecule has 5 rings (SSSR count). The van der Waals surface area contributed by atoms with Crippen LogP contribution < -0.4 is 4.74 Å². The smallest absolute Gasteiger partial charge is 0.233 e. The highest BCUT2D eigenvalue weighted by Crippen LogP contribution is 2.37. The van der Waals surface area contributed by atoms with Crippen LogP contribution in [-0.4, -0.2) is 61.4 Å². The van der Waals surface area contributed by atoms with Gasteiger partial charge >= 0.3 is 0 Å². The summed E-state index contributed by atoms with van der Waals surface area (Å²) in [4.78, 5) is 2.14. The van der Waals surface area contributed by atoms with E-state index in [1.165, 1.54) is 0 Å². The first-order valence-corrected chi connectivity index (χ1v) is 10.2. The van der Waals surface area contributed by atoms with Gasteiger partial charge in [-0.05, 0) is 44.7 Å². The molecule has 4 atom stereocenters. The molecule has 2 aliphatic rings. The summed E-state index contributed by atoms with van der Waals surface area (Å²) in [5, 5.41) is 23.2. The van der Waals surface area contributed by atoms with Gasteiger partial charge in [0.05, 0.1) is 17.1 Å². The second-order valence-electron chi connectivity index (χ2n) is 8.21. The number of hydrogen-bond donors (Lipinski definition) is 1. The molecule has 0 aliphatic carbocycles. The number of nitrogens with zero attached hydrogens (tertiary/aromatic N) is 5. The van der Waals surface area contributed by atoms with Crippen LogP contribution in [0.5, 0.6) is 11.6 Å². The van der Waals surface area contributed by atoms with Crippen LogP contribution in [0.15, 0.2) is 42.6 Å².